The smallest absolute Gasteiger partial charge is 0.152 e. The molecule has 10 heteroatoms. The molecule has 1 aromatic carbocycles. The Morgan fingerprint density at radius 3 is 2.54 bits per heavy atom. The first-order valence-electron chi connectivity index (χ1n) is 13.5. The minimum absolute atomic E-state index is 0.0605. The van der Waals surface area contributed by atoms with Gasteiger partial charge in [-0.3, -0.25) is 0 Å². The highest BCUT2D eigenvalue weighted by atomic mass is 35.5. The largest absolute Gasteiger partial charge is 0.390 e. The van der Waals surface area contributed by atoms with Crippen LogP contribution in [0.15, 0.2) is 52.6 Å². The van der Waals surface area contributed by atoms with Crippen molar-refractivity contribution in [3.63, 3.8) is 0 Å². The Morgan fingerprint density at radius 2 is 1.85 bits per heavy atom. The van der Waals surface area contributed by atoms with Crippen LogP contribution in [0.3, 0.4) is 0 Å². The fourth-order valence-corrected chi connectivity index (χ4v) is 7.36. The van der Waals surface area contributed by atoms with E-state index in [2.05, 4.69) is 39.0 Å². The third kappa shape index (κ3) is 4.89. The van der Waals surface area contributed by atoms with Crippen LogP contribution in [0.4, 0.5) is 11.6 Å². The minimum atomic E-state index is -0.726. The van der Waals surface area contributed by atoms with Crippen molar-refractivity contribution in [3.8, 4) is 0 Å². The van der Waals surface area contributed by atoms with Gasteiger partial charge in [-0.1, -0.05) is 47.6 Å². The van der Waals surface area contributed by atoms with Crippen molar-refractivity contribution in [3.05, 3.63) is 64.6 Å². The van der Waals surface area contributed by atoms with Gasteiger partial charge in [0.2, 0.25) is 0 Å². The molecule has 1 spiro atoms. The Hall–Kier alpha value is -2.43. The quantitative estimate of drug-likeness (QED) is 0.404. The van der Waals surface area contributed by atoms with Gasteiger partial charge in [0.1, 0.15) is 16.5 Å². The van der Waals surface area contributed by atoms with E-state index >= 15 is 0 Å². The van der Waals surface area contributed by atoms with Gasteiger partial charge in [0.25, 0.3) is 0 Å². The van der Waals surface area contributed by atoms with Crippen LogP contribution < -0.4 is 15.5 Å². The first-order valence-corrected chi connectivity index (χ1v) is 14.7. The van der Waals surface area contributed by atoms with Gasteiger partial charge >= 0.3 is 0 Å². The molecule has 0 bridgehead atoms. The number of aliphatic hydroxyl groups is 2. The van der Waals surface area contributed by atoms with Gasteiger partial charge < -0.3 is 25.7 Å². The number of anilines is 2. The summed E-state index contributed by atoms with van der Waals surface area (Å²) in [5, 5.41) is 21.7. The molecule has 2 aliphatic heterocycles. The fourth-order valence-electron chi connectivity index (χ4n) is 6.22. The Balaban J connectivity index is 1.14. The molecule has 3 aromatic rings. The van der Waals surface area contributed by atoms with Crippen LogP contribution in [0.5, 0.6) is 0 Å². The third-order valence-corrected chi connectivity index (χ3v) is 10.3. The van der Waals surface area contributed by atoms with Crippen molar-refractivity contribution in [2.75, 3.05) is 36.0 Å². The van der Waals surface area contributed by atoms with E-state index in [9.17, 15) is 10.2 Å². The second-order valence-electron chi connectivity index (χ2n) is 11.6. The van der Waals surface area contributed by atoms with E-state index in [1.807, 2.05) is 19.9 Å². The predicted octanol–water partition coefficient (Wildman–Crippen LogP) is 4.22. The number of rotatable bonds is 6. The Labute approximate surface area is 238 Å². The van der Waals surface area contributed by atoms with Gasteiger partial charge in [-0.15, -0.1) is 0 Å². The number of piperidine rings is 1. The molecule has 1 atom stereocenters. The Morgan fingerprint density at radius 1 is 1.10 bits per heavy atom. The molecule has 1 aliphatic carbocycles. The monoisotopic (exact) mass is 566 g/mol. The number of hydrogen-bond donors (Lipinski definition) is 3. The number of pyridine rings is 1. The molecule has 2 aromatic heterocycles. The zero-order chi connectivity index (χ0) is 27.4. The van der Waals surface area contributed by atoms with Gasteiger partial charge in [0.05, 0.1) is 23.4 Å². The lowest BCUT2D eigenvalue weighted by Crippen LogP contribution is -2.56. The lowest BCUT2D eigenvalue weighted by atomic mass is 9.73. The first kappa shape index (κ1) is 26.8. The molecule has 4 N–H and O–H groups in total. The van der Waals surface area contributed by atoms with Crippen LogP contribution in [0.25, 0.3) is 0 Å². The first-order chi connectivity index (χ1) is 18.7. The van der Waals surface area contributed by atoms with E-state index in [0.29, 0.717) is 34.6 Å². The van der Waals surface area contributed by atoms with Crippen molar-refractivity contribution in [1.82, 2.24) is 15.0 Å². The van der Waals surface area contributed by atoms with Gasteiger partial charge in [-0.25, -0.2) is 15.0 Å². The molecule has 6 rings (SSSR count). The average molecular weight is 567 g/mol. The topological polar surface area (TPSA) is 112 Å². The maximum Gasteiger partial charge on any atom is 0.152 e. The van der Waals surface area contributed by atoms with Gasteiger partial charge in [-0.05, 0) is 55.7 Å². The van der Waals surface area contributed by atoms with Crippen molar-refractivity contribution >= 4 is 35.0 Å². The molecule has 0 radical (unpaired) electrons. The molecule has 2 fully saturated rings. The van der Waals surface area contributed by atoms with E-state index < -0.39 is 5.60 Å². The van der Waals surface area contributed by atoms with Crippen LogP contribution in [0, 0.1) is 11.3 Å². The minimum Gasteiger partial charge on any atom is -0.390 e. The van der Waals surface area contributed by atoms with Crippen LogP contribution >= 0.6 is 23.4 Å². The van der Waals surface area contributed by atoms with E-state index in [-0.39, 0.29) is 24.0 Å². The molecule has 0 saturated carbocycles. The summed E-state index contributed by atoms with van der Waals surface area (Å²) < 4.78 is 0. The zero-order valence-electron chi connectivity index (χ0n) is 22.3. The van der Waals surface area contributed by atoms with Crippen molar-refractivity contribution in [1.29, 1.82) is 0 Å². The van der Waals surface area contributed by atoms with Crippen LogP contribution in [0.2, 0.25) is 5.02 Å². The predicted molar refractivity (Wildman–Crippen MR) is 154 cm³/mol. The Kier molecular flexibility index (Phi) is 7.00. The average Bonchev–Trinajstić information content (AvgIpc) is 3.16. The van der Waals surface area contributed by atoms with Crippen LogP contribution in [-0.2, 0) is 13.0 Å². The highest BCUT2D eigenvalue weighted by Crippen LogP contribution is 2.51. The number of benzene rings is 1. The summed E-state index contributed by atoms with van der Waals surface area (Å²) in [6, 6.07) is 10.5. The van der Waals surface area contributed by atoms with Crippen LogP contribution in [0.1, 0.15) is 49.6 Å². The second kappa shape index (κ2) is 10.2. The Bertz CT molecular complexity index is 1370. The third-order valence-electron chi connectivity index (χ3n) is 8.83. The highest BCUT2D eigenvalue weighted by molar-refractivity contribution is 7.99. The number of halogens is 1. The highest BCUT2D eigenvalue weighted by Gasteiger charge is 2.46. The normalized spacial score (nSPS) is 20.8. The van der Waals surface area contributed by atoms with Crippen molar-refractivity contribution in [2.24, 2.45) is 17.1 Å². The number of hydrogen-bond acceptors (Lipinski definition) is 9. The summed E-state index contributed by atoms with van der Waals surface area (Å²) in [5.74, 6) is 1.63. The molecule has 0 amide bonds. The van der Waals surface area contributed by atoms with E-state index in [4.69, 9.17) is 27.3 Å². The number of fused-ring (bicyclic) bond motifs is 1. The molecule has 206 valence electrons. The standard InChI is InChI=1S/C29H35ClN6O2S/c1-28(2,38)19-15-36(16-19)27-24(30)22(7-10-32-27)39-23-14-33-26(21(17-37)34-23)35-11-8-29(9-12-35)13-18-5-3-4-6-20(18)25(29)31/h3-7,10,14,19,25,37-38H,8-9,11-13,15-17,31H2,1-2H3/t25-/m1/s1. The van der Waals surface area contributed by atoms with Gasteiger partial charge in [0, 0.05) is 49.2 Å². The summed E-state index contributed by atoms with van der Waals surface area (Å²) in [5.41, 5.74) is 9.34. The van der Waals surface area contributed by atoms with Crippen molar-refractivity contribution in [2.45, 2.75) is 61.3 Å². The van der Waals surface area contributed by atoms with Gasteiger partial charge in [0.15, 0.2) is 5.82 Å². The van der Waals surface area contributed by atoms with Crippen molar-refractivity contribution < 1.29 is 10.2 Å². The summed E-state index contributed by atoms with van der Waals surface area (Å²) in [6.07, 6.45) is 6.48. The van der Waals surface area contributed by atoms with Crippen LogP contribution in [-0.4, -0.2) is 56.9 Å². The lowest BCUT2D eigenvalue weighted by Gasteiger charge is -2.46. The summed E-state index contributed by atoms with van der Waals surface area (Å²) in [7, 11) is 0. The maximum atomic E-state index is 10.3. The molecule has 8 nitrogen and oxygen atoms in total. The molecular formula is C29H35ClN6O2S. The number of aromatic nitrogens is 3. The van der Waals surface area contributed by atoms with E-state index in [0.717, 1.165) is 43.1 Å². The fraction of sp³-hybridized carbons (Fsp3) is 0.483. The molecule has 3 aliphatic rings. The van der Waals surface area contributed by atoms with E-state index in [1.165, 1.54) is 22.9 Å². The second-order valence-corrected chi connectivity index (χ2v) is 13.1. The zero-order valence-corrected chi connectivity index (χ0v) is 23.9. The molecule has 39 heavy (non-hydrogen) atoms. The maximum absolute atomic E-state index is 10.3. The molecule has 4 heterocycles. The van der Waals surface area contributed by atoms with Gasteiger partial charge in [-0.2, -0.15) is 0 Å². The summed E-state index contributed by atoms with van der Waals surface area (Å²) in [6.45, 7) is 6.56. The summed E-state index contributed by atoms with van der Waals surface area (Å²) >= 11 is 8.17. The lowest BCUT2D eigenvalue weighted by molar-refractivity contribution is 0.00438. The SMILES string of the molecule is CC(C)(O)C1CN(c2nccc(Sc3cnc(N4CCC5(CC4)Cc4ccccc4[C@H]5N)c(CO)n3)c2Cl)C1. The molecular weight excluding hydrogens is 532 g/mol. The molecule has 0 unspecified atom stereocenters. The molecule has 2 saturated heterocycles. The van der Waals surface area contributed by atoms with E-state index in [1.54, 1.807) is 12.4 Å². The number of nitrogens with two attached hydrogens (primary N) is 1. The summed E-state index contributed by atoms with van der Waals surface area (Å²) in [4.78, 5) is 19.1. The number of nitrogens with zero attached hydrogens (tertiary/aromatic N) is 5. The number of aliphatic hydroxyl groups excluding tert-OH is 1.